The van der Waals surface area contributed by atoms with Gasteiger partial charge in [0.25, 0.3) is 0 Å². The molecule has 0 saturated carbocycles. The third-order valence-electron chi connectivity index (χ3n) is 4.23. The van der Waals surface area contributed by atoms with Crippen molar-refractivity contribution < 1.29 is 8.42 Å². The van der Waals surface area contributed by atoms with Crippen molar-refractivity contribution in [2.75, 3.05) is 0 Å². The minimum atomic E-state index is -3.52. The number of nitrogens with one attached hydrogen (secondary N) is 1. The van der Waals surface area contributed by atoms with Crippen LogP contribution in [0.2, 0.25) is 0 Å². The Morgan fingerprint density at radius 3 is 1.96 bits per heavy atom. The van der Waals surface area contributed by atoms with Crippen molar-refractivity contribution in [1.82, 2.24) is 4.72 Å². The van der Waals surface area contributed by atoms with Gasteiger partial charge in [-0.05, 0) is 54.5 Å². The van der Waals surface area contributed by atoms with Crippen LogP contribution in [0.25, 0.3) is 0 Å². The molecule has 1 unspecified atom stereocenters. The predicted molar refractivity (Wildman–Crippen MR) is 104 cm³/mol. The topological polar surface area (TPSA) is 46.2 Å². The number of benzene rings is 2. The smallest absolute Gasteiger partial charge is 0.207 e. The molecule has 2 rings (SSSR count). The van der Waals surface area contributed by atoms with E-state index in [0.29, 0.717) is 10.8 Å². The van der Waals surface area contributed by atoms with Gasteiger partial charge in [0, 0.05) is 6.04 Å². The van der Waals surface area contributed by atoms with E-state index in [1.807, 2.05) is 31.2 Å². The van der Waals surface area contributed by atoms with Crippen LogP contribution >= 0.6 is 0 Å². The molecule has 0 bridgehead atoms. The number of hydrogen-bond donors (Lipinski definition) is 1. The maximum Gasteiger partial charge on any atom is 0.241 e. The minimum Gasteiger partial charge on any atom is -0.207 e. The summed E-state index contributed by atoms with van der Waals surface area (Å²) in [6.07, 6.45) is 3.10. The fraction of sp³-hybridized carbons (Fsp3) is 0.429. The second kappa shape index (κ2) is 8.63. The van der Waals surface area contributed by atoms with Crippen LogP contribution in [0.5, 0.6) is 0 Å². The first-order chi connectivity index (χ1) is 11.8. The van der Waals surface area contributed by atoms with E-state index in [4.69, 9.17) is 0 Å². The molecule has 0 aliphatic rings. The molecule has 1 atom stereocenters. The van der Waals surface area contributed by atoms with Gasteiger partial charge >= 0.3 is 0 Å². The van der Waals surface area contributed by atoms with E-state index in [2.05, 4.69) is 37.6 Å². The van der Waals surface area contributed by atoms with Crippen molar-refractivity contribution in [2.24, 2.45) is 5.92 Å². The van der Waals surface area contributed by atoms with E-state index in [1.165, 1.54) is 5.56 Å². The Morgan fingerprint density at radius 2 is 1.44 bits per heavy atom. The lowest BCUT2D eigenvalue weighted by molar-refractivity contribution is 0.567. The van der Waals surface area contributed by atoms with Gasteiger partial charge in [0.2, 0.25) is 10.0 Å². The Labute approximate surface area is 152 Å². The molecular formula is C21H29NO2S. The van der Waals surface area contributed by atoms with Crippen molar-refractivity contribution in [1.29, 1.82) is 0 Å². The zero-order valence-electron chi connectivity index (χ0n) is 15.6. The van der Waals surface area contributed by atoms with E-state index in [9.17, 15) is 8.42 Å². The third kappa shape index (κ3) is 5.68. The van der Waals surface area contributed by atoms with Crippen LogP contribution < -0.4 is 4.72 Å². The summed E-state index contributed by atoms with van der Waals surface area (Å²) in [4.78, 5) is 0.314. The normalized spacial score (nSPS) is 13.2. The average molecular weight is 360 g/mol. The number of rotatable bonds is 8. The van der Waals surface area contributed by atoms with Gasteiger partial charge in [-0.2, -0.15) is 0 Å². The van der Waals surface area contributed by atoms with Gasteiger partial charge in [-0.3, -0.25) is 0 Å². The standard InChI is InChI=1S/C21H29NO2S/c1-5-6-18-7-11-20(12-8-18)17(4)22-25(23,24)21-13-9-19(10-14-21)15-16(2)3/h7-14,16-17,22H,5-6,15H2,1-4H3. The molecule has 0 aromatic heterocycles. The highest BCUT2D eigenvalue weighted by Gasteiger charge is 2.18. The molecule has 0 aliphatic carbocycles. The van der Waals surface area contributed by atoms with Gasteiger partial charge in [0.15, 0.2) is 0 Å². The van der Waals surface area contributed by atoms with E-state index in [0.717, 1.165) is 30.4 Å². The molecule has 1 N–H and O–H groups in total. The lowest BCUT2D eigenvalue weighted by Gasteiger charge is -2.15. The molecule has 0 spiro atoms. The fourth-order valence-corrected chi connectivity index (χ4v) is 4.14. The SMILES string of the molecule is CCCc1ccc(C(C)NS(=O)(=O)c2ccc(CC(C)C)cc2)cc1. The Hall–Kier alpha value is -1.65. The first-order valence-corrected chi connectivity index (χ1v) is 10.5. The van der Waals surface area contributed by atoms with Crippen LogP contribution in [0, 0.1) is 5.92 Å². The summed E-state index contributed by atoms with van der Waals surface area (Å²) in [6.45, 7) is 8.33. The molecule has 0 fully saturated rings. The average Bonchev–Trinajstić information content (AvgIpc) is 2.55. The first-order valence-electron chi connectivity index (χ1n) is 9.02. The molecule has 4 heteroatoms. The second-order valence-electron chi connectivity index (χ2n) is 7.08. The Bertz CT molecular complexity index is 763. The largest absolute Gasteiger partial charge is 0.241 e. The van der Waals surface area contributed by atoms with E-state index in [1.54, 1.807) is 12.1 Å². The van der Waals surface area contributed by atoms with Crippen LogP contribution in [0.1, 0.15) is 56.8 Å². The van der Waals surface area contributed by atoms with Crippen LogP contribution in [0.3, 0.4) is 0 Å². The zero-order valence-corrected chi connectivity index (χ0v) is 16.4. The second-order valence-corrected chi connectivity index (χ2v) is 8.79. The van der Waals surface area contributed by atoms with Crippen LogP contribution in [0.4, 0.5) is 0 Å². The first kappa shape index (κ1) is 19.7. The molecule has 0 aliphatic heterocycles. The fourth-order valence-electron chi connectivity index (χ4n) is 2.91. The Balaban J connectivity index is 2.09. The van der Waals surface area contributed by atoms with Crippen LogP contribution in [-0.2, 0) is 22.9 Å². The molecule has 0 amide bonds. The monoisotopic (exact) mass is 359 g/mol. The number of hydrogen-bond acceptors (Lipinski definition) is 2. The predicted octanol–water partition coefficient (Wildman–Crippen LogP) is 4.88. The Kier molecular flexibility index (Phi) is 6.79. The number of aryl methyl sites for hydroxylation is 1. The summed E-state index contributed by atoms with van der Waals surface area (Å²) in [5.41, 5.74) is 3.41. The highest BCUT2D eigenvalue weighted by molar-refractivity contribution is 7.89. The molecule has 2 aromatic rings. The summed E-state index contributed by atoms with van der Waals surface area (Å²) < 4.78 is 28.0. The Morgan fingerprint density at radius 1 is 0.880 bits per heavy atom. The molecular weight excluding hydrogens is 330 g/mol. The van der Waals surface area contributed by atoms with Crippen molar-refractivity contribution in [3.8, 4) is 0 Å². The highest BCUT2D eigenvalue weighted by Crippen LogP contribution is 2.19. The van der Waals surface area contributed by atoms with Gasteiger partial charge in [0.05, 0.1) is 4.90 Å². The minimum absolute atomic E-state index is 0.268. The van der Waals surface area contributed by atoms with Gasteiger partial charge in [-0.1, -0.05) is 63.6 Å². The van der Waals surface area contributed by atoms with E-state index >= 15 is 0 Å². The summed E-state index contributed by atoms with van der Waals surface area (Å²) >= 11 is 0. The quantitative estimate of drug-likeness (QED) is 0.730. The van der Waals surface area contributed by atoms with Crippen LogP contribution in [-0.4, -0.2) is 8.42 Å². The summed E-state index contributed by atoms with van der Waals surface area (Å²) in [7, 11) is -3.52. The van der Waals surface area contributed by atoms with Gasteiger partial charge < -0.3 is 0 Å². The lowest BCUT2D eigenvalue weighted by Crippen LogP contribution is -2.26. The highest BCUT2D eigenvalue weighted by atomic mass is 32.2. The molecule has 2 aromatic carbocycles. The number of sulfonamides is 1. The van der Waals surface area contributed by atoms with Crippen molar-refractivity contribution in [3.63, 3.8) is 0 Å². The molecule has 25 heavy (non-hydrogen) atoms. The van der Waals surface area contributed by atoms with Crippen molar-refractivity contribution >= 4 is 10.0 Å². The van der Waals surface area contributed by atoms with Gasteiger partial charge in [-0.25, -0.2) is 13.1 Å². The van der Waals surface area contributed by atoms with E-state index < -0.39 is 10.0 Å². The summed E-state index contributed by atoms with van der Waals surface area (Å²) in [6, 6.07) is 15.1. The maximum absolute atomic E-state index is 12.6. The lowest BCUT2D eigenvalue weighted by atomic mass is 10.0. The van der Waals surface area contributed by atoms with Crippen LogP contribution in [0.15, 0.2) is 53.4 Å². The summed E-state index contributed by atoms with van der Waals surface area (Å²) in [5, 5.41) is 0. The molecule has 0 heterocycles. The third-order valence-corrected chi connectivity index (χ3v) is 5.78. The maximum atomic E-state index is 12.6. The molecule has 0 radical (unpaired) electrons. The molecule has 0 saturated heterocycles. The van der Waals surface area contributed by atoms with Gasteiger partial charge in [0.1, 0.15) is 0 Å². The molecule has 136 valence electrons. The molecule has 3 nitrogen and oxygen atoms in total. The zero-order chi connectivity index (χ0) is 18.4. The van der Waals surface area contributed by atoms with Gasteiger partial charge in [-0.15, -0.1) is 0 Å². The van der Waals surface area contributed by atoms with E-state index in [-0.39, 0.29) is 6.04 Å². The summed E-state index contributed by atoms with van der Waals surface area (Å²) in [5.74, 6) is 0.552. The van der Waals surface area contributed by atoms with Crippen molar-refractivity contribution in [2.45, 2.75) is 57.9 Å². The van der Waals surface area contributed by atoms with Crippen molar-refractivity contribution in [3.05, 3.63) is 65.2 Å².